The molecule has 4 rings (SSSR count). The Morgan fingerprint density at radius 1 is 1.04 bits per heavy atom. The fraction of sp³-hybridized carbons (Fsp3) is 0.714. The minimum atomic E-state index is -0.422. The van der Waals surface area contributed by atoms with Crippen LogP contribution in [0, 0.1) is 0 Å². The van der Waals surface area contributed by atoms with Gasteiger partial charge in [-0.05, 0) is 70.1 Å². The van der Waals surface area contributed by atoms with Gasteiger partial charge >= 0.3 is 0 Å². The molecule has 1 atom stereocenters. The Bertz CT molecular complexity index is 724. The molecule has 28 heavy (non-hydrogen) atoms. The number of fused-ring (bicyclic) bond motifs is 1. The summed E-state index contributed by atoms with van der Waals surface area (Å²) in [6, 6.07) is 0.575. The second-order valence-electron chi connectivity index (χ2n) is 8.46. The Labute approximate surface area is 171 Å². The van der Waals surface area contributed by atoms with Gasteiger partial charge in [0.1, 0.15) is 5.00 Å². The number of rotatable bonds is 5. The van der Waals surface area contributed by atoms with E-state index in [2.05, 4.69) is 15.1 Å². The van der Waals surface area contributed by atoms with Crippen LogP contribution >= 0.6 is 11.3 Å². The maximum atomic E-state index is 12.7. The first kappa shape index (κ1) is 19.9. The van der Waals surface area contributed by atoms with Crippen LogP contribution in [0.2, 0.25) is 0 Å². The third-order valence-electron chi connectivity index (χ3n) is 6.43. The number of hydrogen-bond donors (Lipinski definition) is 2. The van der Waals surface area contributed by atoms with Crippen LogP contribution in [0.5, 0.6) is 0 Å². The van der Waals surface area contributed by atoms with Gasteiger partial charge in [0.25, 0.3) is 5.91 Å². The van der Waals surface area contributed by atoms with Crippen LogP contribution in [0.15, 0.2) is 0 Å². The van der Waals surface area contributed by atoms with Crippen molar-refractivity contribution in [2.75, 3.05) is 38.0 Å². The number of nitrogens with zero attached hydrogens (tertiary/aromatic N) is 2. The lowest BCUT2D eigenvalue weighted by Gasteiger charge is -2.38. The molecule has 1 aromatic rings. The number of likely N-dealkylation sites (tertiary alicyclic amines) is 2. The number of nitrogens with two attached hydrogens (primary N) is 1. The summed E-state index contributed by atoms with van der Waals surface area (Å²) < 4.78 is 0. The van der Waals surface area contributed by atoms with Crippen LogP contribution in [-0.2, 0) is 17.6 Å². The number of nitrogens with one attached hydrogen (secondary N) is 1. The van der Waals surface area contributed by atoms with Crippen LogP contribution in [0.1, 0.15) is 65.7 Å². The van der Waals surface area contributed by atoms with E-state index in [0.717, 1.165) is 44.3 Å². The number of amides is 2. The SMILES string of the molecule is NC(=O)c1c(NC(=O)CN2CCCC(N3CCCCCC3)C2)sc2c1CCC2. The number of anilines is 1. The number of hydrogen-bond acceptors (Lipinski definition) is 5. The molecule has 2 amide bonds. The molecule has 2 aliphatic heterocycles. The first-order chi connectivity index (χ1) is 13.6. The number of primary amides is 1. The summed E-state index contributed by atoms with van der Waals surface area (Å²) >= 11 is 1.53. The molecule has 7 heteroatoms. The molecule has 1 unspecified atom stereocenters. The number of thiophene rings is 1. The monoisotopic (exact) mass is 404 g/mol. The highest BCUT2D eigenvalue weighted by molar-refractivity contribution is 7.17. The molecule has 2 fully saturated rings. The van der Waals surface area contributed by atoms with E-state index in [1.54, 1.807) is 0 Å². The Hall–Kier alpha value is -1.44. The van der Waals surface area contributed by atoms with Crippen LogP contribution in [0.3, 0.4) is 0 Å². The molecular weight excluding hydrogens is 372 g/mol. The predicted octanol–water partition coefficient (Wildman–Crippen LogP) is 2.61. The Morgan fingerprint density at radius 2 is 1.82 bits per heavy atom. The topological polar surface area (TPSA) is 78.7 Å². The first-order valence-electron chi connectivity index (χ1n) is 10.8. The molecular formula is C21H32N4O2S. The minimum Gasteiger partial charge on any atom is -0.365 e. The number of aryl methyl sites for hydroxylation is 1. The van der Waals surface area contributed by atoms with Crippen molar-refractivity contribution in [3.63, 3.8) is 0 Å². The van der Waals surface area contributed by atoms with E-state index in [0.29, 0.717) is 23.2 Å². The lowest BCUT2D eigenvalue weighted by Crippen LogP contribution is -2.50. The van der Waals surface area contributed by atoms with Gasteiger partial charge < -0.3 is 11.1 Å². The van der Waals surface area contributed by atoms with Crippen molar-refractivity contribution in [2.24, 2.45) is 5.73 Å². The van der Waals surface area contributed by atoms with Crippen LogP contribution in [-0.4, -0.2) is 60.4 Å². The fourth-order valence-corrected chi connectivity index (χ4v) is 6.37. The summed E-state index contributed by atoms with van der Waals surface area (Å²) in [4.78, 5) is 30.8. The van der Waals surface area contributed by atoms with Crippen molar-refractivity contribution >= 4 is 28.2 Å². The number of carbonyl (C=O) groups excluding carboxylic acids is 2. The lowest BCUT2D eigenvalue weighted by molar-refractivity contribution is -0.117. The van der Waals surface area contributed by atoms with Gasteiger partial charge in [-0.2, -0.15) is 0 Å². The van der Waals surface area contributed by atoms with E-state index in [-0.39, 0.29) is 5.91 Å². The van der Waals surface area contributed by atoms with Crippen LogP contribution < -0.4 is 11.1 Å². The largest absolute Gasteiger partial charge is 0.365 e. The molecule has 154 valence electrons. The molecule has 3 aliphatic rings. The maximum absolute atomic E-state index is 12.7. The Morgan fingerprint density at radius 3 is 2.57 bits per heavy atom. The van der Waals surface area contributed by atoms with Crippen molar-refractivity contribution in [3.05, 3.63) is 16.0 Å². The molecule has 2 saturated heterocycles. The quantitative estimate of drug-likeness (QED) is 0.791. The molecule has 6 nitrogen and oxygen atoms in total. The average molecular weight is 405 g/mol. The van der Waals surface area contributed by atoms with Gasteiger partial charge in [0, 0.05) is 17.5 Å². The highest BCUT2D eigenvalue weighted by Gasteiger charge is 2.29. The van der Waals surface area contributed by atoms with Gasteiger partial charge in [0.2, 0.25) is 5.91 Å². The highest BCUT2D eigenvalue weighted by atomic mass is 32.1. The third kappa shape index (κ3) is 4.42. The summed E-state index contributed by atoms with van der Waals surface area (Å²) in [5, 5.41) is 3.65. The van der Waals surface area contributed by atoms with Crippen LogP contribution in [0.4, 0.5) is 5.00 Å². The van der Waals surface area contributed by atoms with Gasteiger partial charge in [-0.15, -0.1) is 11.3 Å². The number of piperidine rings is 1. The summed E-state index contributed by atoms with van der Waals surface area (Å²) in [5.41, 5.74) is 7.22. The Kier molecular flexibility index (Phi) is 6.33. The molecule has 0 saturated carbocycles. The van der Waals surface area contributed by atoms with E-state index < -0.39 is 5.91 Å². The van der Waals surface area contributed by atoms with E-state index >= 15 is 0 Å². The smallest absolute Gasteiger partial charge is 0.251 e. The van der Waals surface area contributed by atoms with Crippen molar-refractivity contribution in [1.82, 2.24) is 9.80 Å². The highest BCUT2D eigenvalue weighted by Crippen LogP contribution is 2.38. The average Bonchev–Trinajstić information content (AvgIpc) is 3.11. The molecule has 0 spiro atoms. The predicted molar refractivity (Wildman–Crippen MR) is 113 cm³/mol. The Balaban J connectivity index is 1.35. The standard InChI is InChI=1S/C21H32N4O2S/c22-20(27)19-16-8-5-9-17(16)28-21(19)23-18(26)14-24-10-6-7-15(13-24)25-11-3-1-2-4-12-25/h15H,1-14H2,(H2,22,27)(H,23,26). The van der Waals surface area contributed by atoms with Crippen molar-refractivity contribution in [1.29, 1.82) is 0 Å². The summed E-state index contributed by atoms with van der Waals surface area (Å²) in [6.07, 6.45) is 10.6. The van der Waals surface area contributed by atoms with Gasteiger partial charge in [-0.1, -0.05) is 12.8 Å². The second kappa shape index (κ2) is 8.93. The third-order valence-corrected chi connectivity index (χ3v) is 7.63. The minimum absolute atomic E-state index is 0.0288. The first-order valence-corrected chi connectivity index (χ1v) is 11.6. The van der Waals surface area contributed by atoms with Gasteiger partial charge in [-0.3, -0.25) is 19.4 Å². The molecule has 0 radical (unpaired) electrons. The van der Waals surface area contributed by atoms with Gasteiger partial charge in [0.05, 0.1) is 12.1 Å². The second-order valence-corrected chi connectivity index (χ2v) is 9.56. The zero-order valence-corrected chi connectivity index (χ0v) is 17.5. The van der Waals surface area contributed by atoms with Crippen molar-refractivity contribution < 1.29 is 9.59 Å². The van der Waals surface area contributed by atoms with Gasteiger partial charge in [0.15, 0.2) is 0 Å². The van der Waals surface area contributed by atoms with Crippen molar-refractivity contribution in [2.45, 2.75) is 63.8 Å². The normalized spacial score (nSPS) is 23.9. The number of carbonyl (C=O) groups is 2. The van der Waals surface area contributed by atoms with E-state index in [9.17, 15) is 9.59 Å². The van der Waals surface area contributed by atoms with Crippen LogP contribution in [0.25, 0.3) is 0 Å². The molecule has 0 bridgehead atoms. The zero-order valence-electron chi connectivity index (χ0n) is 16.7. The molecule has 3 N–H and O–H groups in total. The van der Waals surface area contributed by atoms with E-state index in [4.69, 9.17) is 5.73 Å². The molecule has 1 aromatic heterocycles. The van der Waals surface area contributed by atoms with E-state index in [1.165, 1.54) is 61.4 Å². The maximum Gasteiger partial charge on any atom is 0.251 e. The summed E-state index contributed by atoms with van der Waals surface area (Å²) in [7, 11) is 0. The lowest BCUT2D eigenvalue weighted by atomic mass is 10.0. The fourth-order valence-electron chi connectivity index (χ4n) is 5.06. The summed E-state index contributed by atoms with van der Waals surface area (Å²) in [5.74, 6) is -0.451. The van der Waals surface area contributed by atoms with E-state index in [1.807, 2.05) is 0 Å². The summed E-state index contributed by atoms with van der Waals surface area (Å²) in [6.45, 7) is 4.74. The molecule has 3 heterocycles. The zero-order chi connectivity index (χ0) is 19.5. The molecule has 1 aliphatic carbocycles. The van der Waals surface area contributed by atoms with Gasteiger partial charge in [-0.25, -0.2) is 0 Å². The van der Waals surface area contributed by atoms with Crippen molar-refractivity contribution in [3.8, 4) is 0 Å². The molecule has 0 aromatic carbocycles.